The summed E-state index contributed by atoms with van der Waals surface area (Å²) < 4.78 is 19.2. The van der Waals surface area contributed by atoms with E-state index in [1.165, 1.54) is 16.7 Å². The first-order valence-electron chi connectivity index (χ1n) is 12.5. The van der Waals surface area contributed by atoms with Gasteiger partial charge in [0.25, 0.3) is 0 Å². The fourth-order valence-electron chi connectivity index (χ4n) is 5.09. The molecule has 0 saturated heterocycles. The molecule has 0 saturated carbocycles. The zero-order valence-corrected chi connectivity index (χ0v) is 21.0. The van der Waals surface area contributed by atoms with Crippen molar-refractivity contribution in [3.05, 3.63) is 108 Å². The van der Waals surface area contributed by atoms with Crippen LogP contribution >= 0.6 is 0 Å². The van der Waals surface area contributed by atoms with Crippen molar-refractivity contribution in [2.45, 2.75) is 38.4 Å². The normalized spacial score (nSPS) is 14.1. The van der Waals surface area contributed by atoms with Crippen LogP contribution in [0.25, 0.3) is 0 Å². The van der Waals surface area contributed by atoms with Crippen LogP contribution in [-0.4, -0.2) is 34.9 Å². The highest BCUT2D eigenvalue weighted by Gasteiger charge is 2.41. The third-order valence-electron chi connectivity index (χ3n) is 6.91. The van der Waals surface area contributed by atoms with Gasteiger partial charge < -0.3 is 18.8 Å². The number of rotatable bonds is 11. The number of hydrogen-bond acceptors (Lipinski definition) is 5. The zero-order chi connectivity index (χ0) is 24.8. The Morgan fingerprint density at radius 3 is 2.58 bits per heavy atom. The first kappa shape index (κ1) is 23.9. The number of aromatic nitrogens is 2. The van der Waals surface area contributed by atoms with Crippen LogP contribution in [0.5, 0.6) is 17.2 Å². The third kappa shape index (κ3) is 4.82. The standard InChI is InChI=1S/C30H33N3O3/c1-3-4-16-33(22-32-17-15-31-21-32)30(25-9-6-5-7-10-25,26-11-8-12-27(19-26)34-2)20-24-13-14-28-29(18-24)36-23-35-28/h5-15,17-19,21H,3-4,16,20,22-23H2,1-2H3. The van der Waals surface area contributed by atoms with Crippen molar-refractivity contribution >= 4 is 0 Å². The number of imidazole rings is 1. The van der Waals surface area contributed by atoms with Gasteiger partial charge in [-0.2, -0.15) is 0 Å². The van der Waals surface area contributed by atoms with E-state index < -0.39 is 5.54 Å². The molecule has 6 nitrogen and oxygen atoms in total. The van der Waals surface area contributed by atoms with Gasteiger partial charge in [-0.1, -0.05) is 61.9 Å². The Bertz CT molecular complexity index is 1260. The van der Waals surface area contributed by atoms with E-state index in [9.17, 15) is 0 Å². The van der Waals surface area contributed by atoms with E-state index >= 15 is 0 Å². The molecular formula is C30H33N3O3. The predicted octanol–water partition coefficient (Wildman–Crippen LogP) is 5.87. The summed E-state index contributed by atoms with van der Waals surface area (Å²) in [4.78, 5) is 6.90. The minimum Gasteiger partial charge on any atom is -0.497 e. The number of fused-ring (bicyclic) bond motifs is 1. The van der Waals surface area contributed by atoms with Crippen LogP contribution in [0.3, 0.4) is 0 Å². The second kappa shape index (κ2) is 10.9. The lowest BCUT2D eigenvalue weighted by molar-refractivity contribution is 0.0812. The molecule has 3 aromatic carbocycles. The summed E-state index contributed by atoms with van der Waals surface area (Å²) in [6.45, 7) is 4.13. The molecule has 186 valence electrons. The van der Waals surface area contributed by atoms with Gasteiger partial charge in [-0.05, 0) is 53.8 Å². The second-order valence-electron chi connectivity index (χ2n) is 9.16. The Morgan fingerprint density at radius 1 is 0.972 bits per heavy atom. The molecule has 1 unspecified atom stereocenters. The first-order chi connectivity index (χ1) is 17.7. The molecule has 0 fully saturated rings. The molecule has 0 aliphatic carbocycles. The number of methoxy groups -OCH3 is 1. The molecule has 0 bridgehead atoms. The zero-order valence-electron chi connectivity index (χ0n) is 21.0. The monoisotopic (exact) mass is 483 g/mol. The van der Waals surface area contributed by atoms with Gasteiger partial charge in [-0.25, -0.2) is 4.98 Å². The molecule has 0 spiro atoms. The van der Waals surface area contributed by atoms with Crippen LogP contribution in [-0.2, 0) is 18.6 Å². The highest BCUT2D eigenvalue weighted by atomic mass is 16.7. The van der Waals surface area contributed by atoms with Crippen molar-refractivity contribution in [3.63, 3.8) is 0 Å². The maximum atomic E-state index is 5.74. The quantitative estimate of drug-likeness (QED) is 0.267. The van der Waals surface area contributed by atoms with Crippen molar-refractivity contribution in [1.82, 2.24) is 14.5 Å². The van der Waals surface area contributed by atoms with Crippen molar-refractivity contribution in [2.75, 3.05) is 20.4 Å². The minimum absolute atomic E-state index is 0.266. The van der Waals surface area contributed by atoms with Crippen molar-refractivity contribution in [1.29, 1.82) is 0 Å². The lowest BCUT2D eigenvalue weighted by atomic mass is 9.76. The fraction of sp³-hybridized carbons (Fsp3) is 0.300. The molecule has 1 aliphatic rings. The van der Waals surface area contributed by atoms with E-state index in [2.05, 4.69) is 82.0 Å². The molecule has 1 aliphatic heterocycles. The molecule has 6 heteroatoms. The summed E-state index contributed by atoms with van der Waals surface area (Å²) in [5, 5.41) is 0. The van der Waals surface area contributed by atoms with Gasteiger partial charge in [0.15, 0.2) is 11.5 Å². The Balaban J connectivity index is 1.71. The van der Waals surface area contributed by atoms with Crippen LogP contribution in [0.15, 0.2) is 91.5 Å². The maximum Gasteiger partial charge on any atom is 0.231 e. The average molecular weight is 484 g/mol. The molecule has 0 amide bonds. The van der Waals surface area contributed by atoms with Gasteiger partial charge in [0.2, 0.25) is 6.79 Å². The summed E-state index contributed by atoms with van der Waals surface area (Å²) in [5.41, 5.74) is 3.12. The van der Waals surface area contributed by atoms with Gasteiger partial charge in [0.1, 0.15) is 5.75 Å². The predicted molar refractivity (Wildman–Crippen MR) is 140 cm³/mol. The van der Waals surface area contributed by atoms with Gasteiger partial charge in [-0.3, -0.25) is 4.90 Å². The van der Waals surface area contributed by atoms with Crippen LogP contribution in [0.4, 0.5) is 0 Å². The van der Waals surface area contributed by atoms with E-state index in [-0.39, 0.29) is 6.79 Å². The fourth-order valence-corrected chi connectivity index (χ4v) is 5.09. The summed E-state index contributed by atoms with van der Waals surface area (Å²) in [6.07, 6.45) is 8.69. The van der Waals surface area contributed by atoms with Crippen LogP contribution in [0.1, 0.15) is 36.5 Å². The number of hydrogen-bond donors (Lipinski definition) is 0. The number of unbranched alkanes of at least 4 members (excludes halogenated alkanes) is 1. The van der Waals surface area contributed by atoms with E-state index in [4.69, 9.17) is 14.2 Å². The van der Waals surface area contributed by atoms with Gasteiger partial charge in [0.05, 0.1) is 25.6 Å². The SMILES string of the molecule is CCCCN(Cn1ccnc1)C(Cc1ccc2c(c1)OCO2)(c1ccccc1)c1cccc(OC)c1. The Hall–Kier alpha value is -3.77. The van der Waals surface area contributed by atoms with Crippen LogP contribution in [0, 0.1) is 0 Å². The molecular weight excluding hydrogens is 450 g/mol. The smallest absolute Gasteiger partial charge is 0.231 e. The first-order valence-corrected chi connectivity index (χ1v) is 12.5. The Labute approximate surface area is 213 Å². The molecule has 1 aromatic heterocycles. The average Bonchev–Trinajstić information content (AvgIpc) is 3.62. The van der Waals surface area contributed by atoms with Crippen molar-refractivity contribution in [2.24, 2.45) is 0 Å². The molecule has 1 atom stereocenters. The molecule has 36 heavy (non-hydrogen) atoms. The number of benzene rings is 3. The number of ether oxygens (including phenoxy) is 3. The minimum atomic E-state index is -0.469. The van der Waals surface area contributed by atoms with Gasteiger partial charge in [-0.15, -0.1) is 0 Å². The van der Waals surface area contributed by atoms with Crippen molar-refractivity contribution in [3.8, 4) is 17.2 Å². The van der Waals surface area contributed by atoms with Crippen LogP contribution < -0.4 is 14.2 Å². The molecule has 0 radical (unpaired) electrons. The summed E-state index contributed by atoms with van der Waals surface area (Å²) in [5.74, 6) is 2.44. The Morgan fingerprint density at radius 2 is 1.81 bits per heavy atom. The van der Waals surface area contributed by atoms with Crippen molar-refractivity contribution < 1.29 is 14.2 Å². The summed E-state index contributed by atoms with van der Waals surface area (Å²) >= 11 is 0. The van der Waals surface area contributed by atoms with E-state index in [0.717, 1.165) is 43.1 Å². The molecule has 0 N–H and O–H groups in total. The summed E-state index contributed by atoms with van der Waals surface area (Å²) in [6, 6.07) is 25.6. The number of nitrogens with zero attached hydrogens (tertiary/aromatic N) is 3. The third-order valence-corrected chi connectivity index (χ3v) is 6.91. The highest BCUT2D eigenvalue weighted by molar-refractivity contribution is 5.48. The highest BCUT2D eigenvalue weighted by Crippen LogP contribution is 2.43. The van der Waals surface area contributed by atoms with Gasteiger partial charge in [0, 0.05) is 18.9 Å². The molecule has 2 heterocycles. The summed E-state index contributed by atoms with van der Waals surface area (Å²) in [7, 11) is 1.72. The Kier molecular flexibility index (Phi) is 7.23. The van der Waals surface area contributed by atoms with Gasteiger partial charge >= 0.3 is 0 Å². The lowest BCUT2D eigenvalue weighted by Crippen LogP contribution is -2.50. The topological polar surface area (TPSA) is 48.8 Å². The molecule has 4 aromatic rings. The lowest BCUT2D eigenvalue weighted by Gasteiger charge is -2.46. The maximum absolute atomic E-state index is 5.74. The van der Waals surface area contributed by atoms with E-state index in [0.29, 0.717) is 6.67 Å². The second-order valence-corrected chi connectivity index (χ2v) is 9.16. The van der Waals surface area contributed by atoms with Crippen LogP contribution in [0.2, 0.25) is 0 Å². The van der Waals surface area contributed by atoms with E-state index in [1.807, 2.05) is 30.9 Å². The molecule has 5 rings (SSSR count). The van der Waals surface area contributed by atoms with E-state index in [1.54, 1.807) is 7.11 Å². The largest absolute Gasteiger partial charge is 0.497 e.